The molecule has 1 aromatic rings. The number of nitrogens with zero attached hydrogens (tertiary/aromatic N) is 2. The highest BCUT2D eigenvalue weighted by molar-refractivity contribution is 6.33. The average molecular weight is 293 g/mol. The van der Waals surface area contributed by atoms with Gasteiger partial charge in [0, 0.05) is 25.8 Å². The molecule has 0 aliphatic heterocycles. The van der Waals surface area contributed by atoms with Crippen LogP contribution in [0.2, 0.25) is 10.3 Å². The van der Waals surface area contributed by atoms with Crippen molar-refractivity contribution in [2.45, 2.75) is 0 Å². The average Bonchev–Trinajstić information content (AvgIpc) is 2.32. The monoisotopic (exact) mass is 292 g/mol. The maximum absolute atomic E-state index is 12.2. The maximum Gasteiger partial charge on any atom is 0.254 e. The summed E-state index contributed by atoms with van der Waals surface area (Å²) in [6.45, 7) is 0.869. The third kappa shape index (κ3) is 4.42. The van der Waals surface area contributed by atoms with Crippen molar-refractivity contribution in [2.24, 2.45) is 0 Å². The van der Waals surface area contributed by atoms with Crippen molar-refractivity contribution in [3.63, 3.8) is 0 Å². The fourth-order valence-electron chi connectivity index (χ4n) is 1.41. The van der Waals surface area contributed by atoms with Crippen LogP contribution < -0.4 is 0 Å². The molecule has 0 fully saturated rings. The number of hydrogen-bond donors (Lipinski definition) is 1. The number of carbonyl (C=O) groups excluding carboxylic acids is 1. The summed E-state index contributed by atoms with van der Waals surface area (Å²) in [7, 11) is 1.54. The molecule has 7 heteroatoms. The van der Waals surface area contributed by atoms with Gasteiger partial charge in [0.25, 0.3) is 5.91 Å². The predicted octanol–water partition coefficient (Wildman–Crippen LogP) is 1.47. The Hall–Kier alpha value is -0.880. The molecule has 0 aliphatic carbocycles. The van der Waals surface area contributed by atoms with E-state index in [0.717, 1.165) is 0 Å². The van der Waals surface area contributed by atoms with E-state index < -0.39 is 0 Å². The van der Waals surface area contributed by atoms with Crippen LogP contribution in [-0.4, -0.2) is 54.3 Å². The van der Waals surface area contributed by atoms with E-state index in [-0.39, 0.29) is 29.4 Å². The zero-order chi connectivity index (χ0) is 13.5. The zero-order valence-electron chi connectivity index (χ0n) is 9.90. The highest BCUT2D eigenvalue weighted by Crippen LogP contribution is 2.16. The number of halogens is 2. The van der Waals surface area contributed by atoms with Gasteiger partial charge in [0.05, 0.1) is 13.2 Å². The molecular weight excluding hydrogens is 279 g/mol. The molecule has 1 amide bonds. The molecule has 0 saturated carbocycles. The van der Waals surface area contributed by atoms with Gasteiger partial charge in [-0.3, -0.25) is 4.79 Å². The molecule has 0 aliphatic rings. The Kier molecular flexibility index (Phi) is 6.35. The van der Waals surface area contributed by atoms with Crippen LogP contribution in [0, 0.1) is 0 Å². The summed E-state index contributed by atoms with van der Waals surface area (Å²) in [5.74, 6) is -0.271. The zero-order valence-corrected chi connectivity index (χ0v) is 11.4. The largest absolute Gasteiger partial charge is 0.395 e. The minimum atomic E-state index is -0.271. The Morgan fingerprint density at radius 2 is 2.00 bits per heavy atom. The fraction of sp³-hybridized carbons (Fsp3) is 0.455. The Labute approximate surface area is 115 Å². The fourth-order valence-corrected chi connectivity index (χ4v) is 1.87. The van der Waals surface area contributed by atoms with Gasteiger partial charge >= 0.3 is 0 Å². The summed E-state index contributed by atoms with van der Waals surface area (Å²) in [4.78, 5) is 17.4. The summed E-state index contributed by atoms with van der Waals surface area (Å²) in [6.07, 6.45) is 0. The number of aliphatic hydroxyl groups excluding tert-OH is 1. The lowest BCUT2D eigenvalue weighted by molar-refractivity contribution is 0.0656. The third-order valence-corrected chi connectivity index (χ3v) is 2.62. The lowest BCUT2D eigenvalue weighted by Gasteiger charge is -2.21. The summed E-state index contributed by atoms with van der Waals surface area (Å²) >= 11 is 11.5. The SMILES string of the molecule is COCCN(CCO)C(=O)c1cc(Cl)nc(Cl)c1. The number of amides is 1. The van der Waals surface area contributed by atoms with Gasteiger partial charge in [-0.1, -0.05) is 23.2 Å². The number of methoxy groups -OCH3 is 1. The highest BCUT2D eigenvalue weighted by atomic mass is 35.5. The van der Waals surface area contributed by atoms with E-state index in [0.29, 0.717) is 18.7 Å². The molecule has 5 nitrogen and oxygen atoms in total. The summed E-state index contributed by atoms with van der Waals surface area (Å²) in [5.41, 5.74) is 0.338. The van der Waals surface area contributed by atoms with E-state index in [1.54, 1.807) is 7.11 Å². The summed E-state index contributed by atoms with van der Waals surface area (Å²) in [5, 5.41) is 9.25. The van der Waals surface area contributed by atoms with Crippen LogP contribution in [0.3, 0.4) is 0 Å². The first-order chi connectivity index (χ1) is 8.58. The molecule has 0 radical (unpaired) electrons. The van der Waals surface area contributed by atoms with E-state index in [4.69, 9.17) is 33.0 Å². The van der Waals surface area contributed by atoms with Crippen molar-refractivity contribution in [3.05, 3.63) is 28.0 Å². The molecule has 0 bridgehead atoms. The summed E-state index contributed by atoms with van der Waals surface area (Å²) in [6, 6.07) is 2.87. The standard InChI is InChI=1S/C11H14Cl2N2O3/c1-18-5-3-15(2-4-16)11(17)8-6-9(12)14-10(13)7-8/h6-7,16H,2-5H2,1H3. The van der Waals surface area contributed by atoms with Gasteiger partial charge in [0.1, 0.15) is 10.3 Å². The van der Waals surface area contributed by atoms with E-state index in [1.807, 2.05) is 0 Å². The third-order valence-electron chi connectivity index (χ3n) is 2.23. The van der Waals surface area contributed by atoms with Crippen LogP contribution in [0.4, 0.5) is 0 Å². The van der Waals surface area contributed by atoms with Crippen LogP contribution in [0.25, 0.3) is 0 Å². The van der Waals surface area contributed by atoms with Gasteiger partial charge in [0.2, 0.25) is 0 Å². The number of pyridine rings is 1. The number of hydrogen-bond acceptors (Lipinski definition) is 4. The van der Waals surface area contributed by atoms with Gasteiger partial charge in [-0.2, -0.15) is 0 Å². The molecule has 0 unspecified atom stereocenters. The molecule has 1 heterocycles. The lowest BCUT2D eigenvalue weighted by atomic mass is 10.2. The van der Waals surface area contributed by atoms with Crippen molar-refractivity contribution in [1.82, 2.24) is 9.88 Å². The lowest BCUT2D eigenvalue weighted by Crippen LogP contribution is -2.36. The molecular formula is C11H14Cl2N2O3. The van der Waals surface area contributed by atoms with E-state index >= 15 is 0 Å². The minimum Gasteiger partial charge on any atom is -0.395 e. The Morgan fingerprint density at radius 3 is 2.50 bits per heavy atom. The molecule has 0 spiro atoms. The van der Waals surface area contributed by atoms with E-state index in [2.05, 4.69) is 4.98 Å². The molecule has 1 rings (SSSR count). The second-order valence-electron chi connectivity index (χ2n) is 3.51. The molecule has 0 aromatic carbocycles. The van der Waals surface area contributed by atoms with Gasteiger partial charge in [0.15, 0.2) is 0 Å². The molecule has 1 N–H and O–H groups in total. The quantitative estimate of drug-likeness (QED) is 0.807. The van der Waals surface area contributed by atoms with Crippen LogP contribution in [0.15, 0.2) is 12.1 Å². The van der Waals surface area contributed by atoms with Crippen molar-refractivity contribution in [3.8, 4) is 0 Å². The normalized spacial score (nSPS) is 10.4. The van der Waals surface area contributed by atoms with Gasteiger partial charge < -0.3 is 14.7 Å². The van der Waals surface area contributed by atoms with Crippen molar-refractivity contribution < 1.29 is 14.6 Å². The first kappa shape index (κ1) is 15.2. The van der Waals surface area contributed by atoms with Gasteiger partial charge in [-0.05, 0) is 12.1 Å². The Bertz CT molecular complexity index is 395. The molecule has 18 heavy (non-hydrogen) atoms. The first-order valence-electron chi connectivity index (χ1n) is 5.30. The van der Waals surface area contributed by atoms with Crippen LogP contribution >= 0.6 is 23.2 Å². The maximum atomic E-state index is 12.2. The highest BCUT2D eigenvalue weighted by Gasteiger charge is 2.16. The number of ether oxygens (including phenoxy) is 1. The first-order valence-corrected chi connectivity index (χ1v) is 6.06. The van der Waals surface area contributed by atoms with Crippen molar-refractivity contribution in [2.75, 3.05) is 33.4 Å². The number of aliphatic hydroxyl groups is 1. The predicted molar refractivity (Wildman–Crippen MR) is 69.1 cm³/mol. The molecule has 0 atom stereocenters. The number of aromatic nitrogens is 1. The van der Waals surface area contributed by atoms with Gasteiger partial charge in [-0.25, -0.2) is 4.98 Å². The van der Waals surface area contributed by atoms with Gasteiger partial charge in [-0.15, -0.1) is 0 Å². The second kappa shape index (κ2) is 7.53. The van der Waals surface area contributed by atoms with E-state index in [9.17, 15) is 4.79 Å². The summed E-state index contributed by atoms with van der Waals surface area (Å²) < 4.78 is 4.91. The smallest absolute Gasteiger partial charge is 0.254 e. The minimum absolute atomic E-state index is 0.123. The van der Waals surface area contributed by atoms with E-state index in [1.165, 1.54) is 17.0 Å². The Balaban J connectivity index is 2.86. The second-order valence-corrected chi connectivity index (χ2v) is 4.28. The van der Waals surface area contributed by atoms with Crippen molar-refractivity contribution in [1.29, 1.82) is 0 Å². The molecule has 1 aromatic heterocycles. The number of carbonyl (C=O) groups is 1. The van der Waals surface area contributed by atoms with Crippen LogP contribution in [-0.2, 0) is 4.74 Å². The number of rotatable bonds is 6. The topological polar surface area (TPSA) is 62.7 Å². The van der Waals surface area contributed by atoms with Crippen LogP contribution in [0.1, 0.15) is 10.4 Å². The van der Waals surface area contributed by atoms with Crippen LogP contribution in [0.5, 0.6) is 0 Å². The van der Waals surface area contributed by atoms with Crippen molar-refractivity contribution >= 4 is 29.1 Å². The Morgan fingerprint density at radius 1 is 1.39 bits per heavy atom. The molecule has 0 saturated heterocycles. The molecule has 100 valence electrons.